The SMILES string of the molecule is F[C@@H]1CN(CCc2ccc(C(F)(F)F)cc2)CC[C@@H]1Nc1ncnc2[nH]ncc12. The Morgan fingerprint density at radius 2 is 1.97 bits per heavy atom. The van der Waals surface area contributed by atoms with E-state index < -0.39 is 17.9 Å². The van der Waals surface area contributed by atoms with Crippen LogP contribution in [0.1, 0.15) is 17.5 Å². The number of nitrogens with one attached hydrogen (secondary N) is 2. The third-order valence-electron chi connectivity index (χ3n) is 5.19. The van der Waals surface area contributed by atoms with Gasteiger partial charge in [0.15, 0.2) is 5.65 Å². The Labute approximate surface area is 164 Å². The Morgan fingerprint density at radius 1 is 1.17 bits per heavy atom. The smallest absolute Gasteiger partial charge is 0.364 e. The van der Waals surface area contributed by atoms with E-state index >= 15 is 0 Å². The van der Waals surface area contributed by atoms with Crippen molar-refractivity contribution >= 4 is 16.9 Å². The van der Waals surface area contributed by atoms with Crippen LogP contribution < -0.4 is 5.32 Å². The molecule has 2 aromatic heterocycles. The van der Waals surface area contributed by atoms with Gasteiger partial charge in [0, 0.05) is 19.6 Å². The predicted molar refractivity (Wildman–Crippen MR) is 100 cm³/mol. The summed E-state index contributed by atoms with van der Waals surface area (Å²) in [6.45, 7) is 1.55. The zero-order valence-corrected chi connectivity index (χ0v) is 15.5. The first-order chi connectivity index (χ1) is 13.9. The molecule has 3 heterocycles. The molecule has 1 saturated heterocycles. The van der Waals surface area contributed by atoms with E-state index in [0.29, 0.717) is 42.8 Å². The lowest BCUT2D eigenvalue weighted by Crippen LogP contribution is -2.48. The molecule has 1 aliphatic rings. The number of aromatic amines is 1. The number of hydrogen-bond acceptors (Lipinski definition) is 5. The van der Waals surface area contributed by atoms with Gasteiger partial charge in [-0.3, -0.25) is 10.00 Å². The minimum Gasteiger partial charge on any atom is -0.364 e. The van der Waals surface area contributed by atoms with Crippen LogP contribution in [0.5, 0.6) is 0 Å². The van der Waals surface area contributed by atoms with Crippen LogP contribution in [0.4, 0.5) is 23.4 Å². The van der Waals surface area contributed by atoms with Crippen molar-refractivity contribution in [1.29, 1.82) is 0 Å². The van der Waals surface area contributed by atoms with Gasteiger partial charge in [-0.15, -0.1) is 0 Å². The zero-order chi connectivity index (χ0) is 20.4. The summed E-state index contributed by atoms with van der Waals surface area (Å²) in [7, 11) is 0. The summed E-state index contributed by atoms with van der Waals surface area (Å²) < 4.78 is 52.6. The monoisotopic (exact) mass is 408 g/mol. The summed E-state index contributed by atoms with van der Waals surface area (Å²) in [6, 6.07) is 4.76. The van der Waals surface area contributed by atoms with Gasteiger partial charge in [0.05, 0.1) is 23.2 Å². The highest BCUT2D eigenvalue weighted by molar-refractivity contribution is 5.85. The maximum absolute atomic E-state index is 14.7. The maximum Gasteiger partial charge on any atom is 0.416 e. The molecule has 10 heteroatoms. The molecule has 1 aromatic carbocycles. The molecule has 0 unspecified atom stereocenters. The lowest BCUT2D eigenvalue weighted by Gasteiger charge is -2.35. The van der Waals surface area contributed by atoms with Crippen LogP contribution in [0.15, 0.2) is 36.8 Å². The highest BCUT2D eigenvalue weighted by atomic mass is 19.4. The molecule has 4 rings (SSSR count). The number of nitrogens with zero attached hydrogens (tertiary/aromatic N) is 4. The molecule has 29 heavy (non-hydrogen) atoms. The number of hydrogen-bond donors (Lipinski definition) is 2. The number of anilines is 1. The van der Waals surface area contributed by atoms with E-state index in [-0.39, 0.29) is 12.6 Å². The predicted octanol–water partition coefficient (Wildman–Crippen LogP) is 3.44. The van der Waals surface area contributed by atoms with Crippen LogP contribution in [-0.2, 0) is 12.6 Å². The van der Waals surface area contributed by atoms with Crippen molar-refractivity contribution in [3.05, 3.63) is 47.9 Å². The van der Waals surface area contributed by atoms with E-state index in [2.05, 4.69) is 25.5 Å². The summed E-state index contributed by atoms with van der Waals surface area (Å²) >= 11 is 0. The number of halogens is 4. The number of benzene rings is 1. The molecular weight excluding hydrogens is 388 g/mol. The fourth-order valence-corrected chi connectivity index (χ4v) is 3.54. The Kier molecular flexibility index (Phi) is 5.35. The van der Waals surface area contributed by atoms with Crippen molar-refractivity contribution in [3.63, 3.8) is 0 Å². The average molecular weight is 408 g/mol. The fraction of sp³-hybridized carbons (Fsp3) is 0.421. The van der Waals surface area contributed by atoms with Crippen molar-refractivity contribution in [2.24, 2.45) is 0 Å². The van der Waals surface area contributed by atoms with Gasteiger partial charge in [0.1, 0.15) is 18.3 Å². The Bertz CT molecular complexity index is 955. The molecule has 0 radical (unpaired) electrons. The molecule has 0 saturated carbocycles. The van der Waals surface area contributed by atoms with Gasteiger partial charge in [-0.05, 0) is 30.5 Å². The number of rotatable bonds is 5. The topological polar surface area (TPSA) is 69.7 Å². The number of aromatic nitrogens is 4. The van der Waals surface area contributed by atoms with Crippen LogP contribution in [0.3, 0.4) is 0 Å². The molecule has 0 aliphatic carbocycles. The average Bonchev–Trinajstić information content (AvgIpc) is 3.18. The third kappa shape index (κ3) is 4.47. The molecular formula is C19H20F4N6. The lowest BCUT2D eigenvalue weighted by molar-refractivity contribution is -0.137. The number of fused-ring (bicyclic) bond motifs is 1. The molecule has 3 aromatic rings. The normalized spacial score (nSPS) is 20.8. The second-order valence-corrected chi connectivity index (χ2v) is 7.16. The summed E-state index contributed by atoms with van der Waals surface area (Å²) in [5, 5.41) is 10.5. The highest BCUT2D eigenvalue weighted by Gasteiger charge is 2.31. The standard InChI is InChI=1S/C19H20F4N6/c20-15-10-29(7-5-12-1-3-13(4-2-12)19(21,22)23)8-6-16(15)27-17-14-9-26-28-18(14)25-11-24-17/h1-4,9,11,15-16H,5-8,10H2,(H2,24,25,26,27,28)/t15-,16+/m1/s1. The number of likely N-dealkylation sites (tertiary alicyclic amines) is 1. The van der Waals surface area contributed by atoms with Gasteiger partial charge in [-0.2, -0.15) is 18.3 Å². The number of piperidine rings is 1. The van der Waals surface area contributed by atoms with E-state index in [0.717, 1.165) is 17.7 Å². The second-order valence-electron chi connectivity index (χ2n) is 7.16. The van der Waals surface area contributed by atoms with Crippen LogP contribution in [0, 0.1) is 0 Å². The number of H-pyrrole nitrogens is 1. The van der Waals surface area contributed by atoms with Gasteiger partial charge in [0.2, 0.25) is 0 Å². The van der Waals surface area contributed by atoms with E-state index in [1.54, 1.807) is 6.20 Å². The molecule has 1 aliphatic heterocycles. The van der Waals surface area contributed by atoms with Gasteiger partial charge in [-0.1, -0.05) is 12.1 Å². The second kappa shape index (κ2) is 7.94. The van der Waals surface area contributed by atoms with E-state index in [1.807, 2.05) is 4.90 Å². The quantitative estimate of drug-likeness (QED) is 0.633. The van der Waals surface area contributed by atoms with Gasteiger partial charge in [0.25, 0.3) is 0 Å². The lowest BCUT2D eigenvalue weighted by atomic mass is 10.0. The molecule has 0 bridgehead atoms. The molecule has 6 nitrogen and oxygen atoms in total. The molecule has 2 N–H and O–H groups in total. The van der Waals surface area contributed by atoms with E-state index in [4.69, 9.17) is 0 Å². The Morgan fingerprint density at radius 3 is 2.69 bits per heavy atom. The van der Waals surface area contributed by atoms with Gasteiger partial charge >= 0.3 is 6.18 Å². The molecule has 1 fully saturated rings. The first-order valence-electron chi connectivity index (χ1n) is 9.33. The largest absolute Gasteiger partial charge is 0.416 e. The summed E-state index contributed by atoms with van der Waals surface area (Å²) in [6.07, 6.45) is -1.25. The summed E-state index contributed by atoms with van der Waals surface area (Å²) in [4.78, 5) is 10.2. The summed E-state index contributed by atoms with van der Waals surface area (Å²) in [5.41, 5.74) is 0.734. The van der Waals surface area contributed by atoms with E-state index in [1.165, 1.54) is 18.5 Å². The van der Waals surface area contributed by atoms with Crippen LogP contribution in [0.2, 0.25) is 0 Å². The van der Waals surface area contributed by atoms with E-state index in [9.17, 15) is 17.6 Å². The molecule has 0 spiro atoms. The van der Waals surface area contributed by atoms with Crippen molar-refractivity contribution < 1.29 is 17.6 Å². The van der Waals surface area contributed by atoms with Crippen molar-refractivity contribution in [2.75, 3.05) is 25.0 Å². The summed E-state index contributed by atoms with van der Waals surface area (Å²) in [5.74, 6) is 0.551. The van der Waals surface area contributed by atoms with Crippen LogP contribution in [0.25, 0.3) is 11.0 Å². The Balaban J connectivity index is 1.30. The molecule has 2 atom stereocenters. The Hall–Kier alpha value is -2.75. The van der Waals surface area contributed by atoms with Crippen LogP contribution >= 0.6 is 0 Å². The molecule has 154 valence electrons. The van der Waals surface area contributed by atoms with Crippen LogP contribution in [-0.4, -0.2) is 56.9 Å². The first-order valence-corrected chi connectivity index (χ1v) is 9.33. The van der Waals surface area contributed by atoms with Crippen molar-refractivity contribution in [1.82, 2.24) is 25.1 Å². The van der Waals surface area contributed by atoms with Crippen molar-refractivity contribution in [3.8, 4) is 0 Å². The van der Waals surface area contributed by atoms with Gasteiger partial charge < -0.3 is 5.32 Å². The zero-order valence-electron chi connectivity index (χ0n) is 15.5. The van der Waals surface area contributed by atoms with Gasteiger partial charge in [-0.25, -0.2) is 14.4 Å². The number of alkyl halides is 4. The minimum absolute atomic E-state index is 0.262. The third-order valence-corrected chi connectivity index (χ3v) is 5.19. The first kappa shape index (κ1) is 19.6. The minimum atomic E-state index is -4.33. The fourth-order valence-electron chi connectivity index (χ4n) is 3.54. The maximum atomic E-state index is 14.7. The highest BCUT2D eigenvalue weighted by Crippen LogP contribution is 2.29. The molecule has 0 amide bonds. The van der Waals surface area contributed by atoms with Crippen molar-refractivity contribution in [2.45, 2.75) is 31.2 Å².